The van der Waals surface area contributed by atoms with Crippen LogP contribution in [0.15, 0.2) is 6.20 Å². The summed E-state index contributed by atoms with van der Waals surface area (Å²) >= 11 is 0. The molecule has 0 spiro atoms. The van der Waals surface area contributed by atoms with E-state index in [2.05, 4.69) is 34.4 Å². The van der Waals surface area contributed by atoms with Gasteiger partial charge >= 0.3 is 0 Å². The first-order valence-electron chi connectivity index (χ1n) is 6.72. The molecule has 0 aliphatic carbocycles. The molecule has 2 N–H and O–H groups in total. The van der Waals surface area contributed by atoms with E-state index in [1.807, 2.05) is 20.8 Å². The molecule has 0 fully saturated rings. The largest absolute Gasteiger partial charge is 0.385 e. The van der Waals surface area contributed by atoms with Crippen LogP contribution in [0.2, 0.25) is 0 Å². The molecular formula is C14H24N4O. The summed E-state index contributed by atoms with van der Waals surface area (Å²) in [7, 11) is 1.76. The van der Waals surface area contributed by atoms with E-state index in [-0.39, 0.29) is 17.9 Å². The minimum Gasteiger partial charge on any atom is -0.385 e. The Morgan fingerprint density at radius 1 is 1.21 bits per heavy atom. The third kappa shape index (κ3) is 3.91. The van der Waals surface area contributed by atoms with Gasteiger partial charge in [0.2, 0.25) is 0 Å². The molecule has 0 radical (unpaired) electrons. The van der Waals surface area contributed by atoms with Gasteiger partial charge in [0.25, 0.3) is 5.91 Å². The van der Waals surface area contributed by atoms with Crippen LogP contribution in [0.25, 0.3) is 0 Å². The van der Waals surface area contributed by atoms with Gasteiger partial charge < -0.3 is 10.6 Å². The van der Waals surface area contributed by atoms with Crippen molar-refractivity contribution >= 4 is 11.6 Å². The number of nitrogens with one attached hydrogen (secondary N) is 2. The van der Waals surface area contributed by atoms with E-state index in [1.165, 1.54) is 0 Å². The number of nitrogens with zero attached hydrogens (tertiary/aromatic N) is 2. The SMILES string of the molecule is CNc1cnc(C(C)C)nc1C(=O)NC(C)C(C)C. The normalized spacial score (nSPS) is 12.6. The number of carbonyl (C=O) groups is 1. The number of aromatic nitrogens is 2. The van der Waals surface area contributed by atoms with Gasteiger partial charge in [-0.15, -0.1) is 0 Å². The van der Waals surface area contributed by atoms with E-state index in [0.717, 1.165) is 0 Å². The van der Waals surface area contributed by atoms with Crippen LogP contribution in [0.3, 0.4) is 0 Å². The molecular weight excluding hydrogens is 240 g/mol. The molecule has 1 unspecified atom stereocenters. The molecule has 1 atom stereocenters. The average molecular weight is 264 g/mol. The summed E-state index contributed by atoms with van der Waals surface area (Å²) in [4.78, 5) is 20.9. The van der Waals surface area contributed by atoms with Crippen molar-refractivity contribution in [2.45, 2.75) is 46.6 Å². The molecule has 0 saturated heterocycles. The molecule has 1 amide bonds. The fraction of sp³-hybridized carbons (Fsp3) is 0.643. The predicted octanol–water partition coefficient (Wildman–Crippen LogP) is 2.42. The van der Waals surface area contributed by atoms with Crippen molar-refractivity contribution in [3.8, 4) is 0 Å². The van der Waals surface area contributed by atoms with Crippen molar-refractivity contribution in [1.82, 2.24) is 15.3 Å². The minimum absolute atomic E-state index is 0.106. The second-order valence-corrected chi connectivity index (χ2v) is 5.40. The number of anilines is 1. The molecule has 5 heteroatoms. The molecule has 19 heavy (non-hydrogen) atoms. The third-order valence-electron chi connectivity index (χ3n) is 3.17. The van der Waals surface area contributed by atoms with Gasteiger partial charge in [-0.3, -0.25) is 4.79 Å². The van der Waals surface area contributed by atoms with Gasteiger partial charge in [-0.2, -0.15) is 0 Å². The van der Waals surface area contributed by atoms with Gasteiger partial charge in [-0.05, 0) is 12.8 Å². The van der Waals surface area contributed by atoms with E-state index < -0.39 is 0 Å². The van der Waals surface area contributed by atoms with Crippen LogP contribution >= 0.6 is 0 Å². The summed E-state index contributed by atoms with van der Waals surface area (Å²) in [5, 5.41) is 5.93. The number of carbonyl (C=O) groups excluding carboxylic acids is 1. The van der Waals surface area contributed by atoms with E-state index in [4.69, 9.17) is 0 Å². The Bertz CT molecular complexity index is 443. The van der Waals surface area contributed by atoms with Gasteiger partial charge in [0.05, 0.1) is 11.9 Å². The molecule has 1 heterocycles. The molecule has 1 rings (SSSR count). The maximum absolute atomic E-state index is 12.3. The Labute approximate surface area is 115 Å². The smallest absolute Gasteiger partial charge is 0.272 e. The highest BCUT2D eigenvalue weighted by atomic mass is 16.2. The summed E-state index contributed by atoms with van der Waals surface area (Å²) in [6.45, 7) is 10.2. The second-order valence-electron chi connectivity index (χ2n) is 5.40. The first-order valence-corrected chi connectivity index (χ1v) is 6.72. The van der Waals surface area contributed by atoms with Crippen LogP contribution in [0.4, 0.5) is 5.69 Å². The van der Waals surface area contributed by atoms with Crippen LogP contribution in [0.1, 0.15) is 56.8 Å². The van der Waals surface area contributed by atoms with Crippen LogP contribution in [0.5, 0.6) is 0 Å². The van der Waals surface area contributed by atoms with Gasteiger partial charge in [0.15, 0.2) is 5.69 Å². The molecule has 0 bridgehead atoms. The Kier molecular flexibility index (Phi) is 5.27. The number of amides is 1. The van der Waals surface area contributed by atoms with Crippen molar-refractivity contribution < 1.29 is 4.79 Å². The standard InChI is InChI=1S/C14H24N4O/c1-8(2)10(5)17-14(19)12-11(15-6)7-16-13(18-12)9(3)4/h7-10,15H,1-6H3,(H,17,19). The Morgan fingerprint density at radius 3 is 2.32 bits per heavy atom. The first kappa shape index (κ1) is 15.4. The third-order valence-corrected chi connectivity index (χ3v) is 3.17. The highest BCUT2D eigenvalue weighted by molar-refractivity contribution is 5.97. The van der Waals surface area contributed by atoms with Gasteiger partial charge in [-0.25, -0.2) is 9.97 Å². The topological polar surface area (TPSA) is 66.9 Å². The van der Waals surface area contributed by atoms with E-state index in [1.54, 1.807) is 13.2 Å². The summed E-state index contributed by atoms with van der Waals surface area (Å²) in [6, 6.07) is 0.106. The average Bonchev–Trinajstić information content (AvgIpc) is 2.37. The Balaban J connectivity index is 3.02. The van der Waals surface area contributed by atoms with Crippen molar-refractivity contribution in [3.05, 3.63) is 17.7 Å². The predicted molar refractivity (Wildman–Crippen MR) is 77.4 cm³/mol. The van der Waals surface area contributed by atoms with Crippen LogP contribution in [0, 0.1) is 5.92 Å². The molecule has 1 aromatic rings. The first-order chi connectivity index (χ1) is 8.86. The number of hydrogen-bond acceptors (Lipinski definition) is 4. The number of rotatable bonds is 5. The van der Waals surface area contributed by atoms with E-state index in [9.17, 15) is 4.79 Å². The van der Waals surface area contributed by atoms with Crippen LogP contribution in [-0.2, 0) is 0 Å². The Hall–Kier alpha value is -1.65. The fourth-order valence-electron chi connectivity index (χ4n) is 1.47. The zero-order valence-corrected chi connectivity index (χ0v) is 12.6. The lowest BCUT2D eigenvalue weighted by molar-refractivity contribution is 0.0926. The summed E-state index contributed by atoms with van der Waals surface area (Å²) in [5.74, 6) is 1.10. The minimum atomic E-state index is -0.158. The molecule has 0 aliphatic rings. The summed E-state index contributed by atoms with van der Waals surface area (Å²) < 4.78 is 0. The molecule has 0 saturated carbocycles. The van der Waals surface area contributed by atoms with Crippen molar-refractivity contribution in [1.29, 1.82) is 0 Å². The summed E-state index contributed by atoms with van der Waals surface area (Å²) in [5.41, 5.74) is 1.06. The number of hydrogen-bond donors (Lipinski definition) is 2. The molecule has 1 aromatic heterocycles. The lowest BCUT2D eigenvalue weighted by atomic mass is 10.1. The molecule has 106 valence electrons. The fourth-order valence-corrected chi connectivity index (χ4v) is 1.47. The second kappa shape index (κ2) is 6.50. The maximum Gasteiger partial charge on any atom is 0.272 e. The van der Waals surface area contributed by atoms with Gasteiger partial charge in [0.1, 0.15) is 5.82 Å². The van der Waals surface area contributed by atoms with Gasteiger partial charge in [-0.1, -0.05) is 27.7 Å². The van der Waals surface area contributed by atoms with Crippen molar-refractivity contribution in [3.63, 3.8) is 0 Å². The monoisotopic (exact) mass is 264 g/mol. The Morgan fingerprint density at radius 2 is 1.84 bits per heavy atom. The van der Waals surface area contributed by atoms with E-state index >= 15 is 0 Å². The van der Waals surface area contributed by atoms with Crippen LogP contribution in [-0.4, -0.2) is 29.0 Å². The van der Waals surface area contributed by atoms with E-state index in [0.29, 0.717) is 23.1 Å². The zero-order chi connectivity index (χ0) is 14.6. The summed E-state index contributed by atoms with van der Waals surface area (Å²) in [6.07, 6.45) is 1.66. The molecule has 0 aromatic carbocycles. The van der Waals surface area contributed by atoms with Crippen molar-refractivity contribution in [2.75, 3.05) is 12.4 Å². The highest BCUT2D eigenvalue weighted by Crippen LogP contribution is 2.16. The quantitative estimate of drug-likeness (QED) is 0.857. The molecule has 0 aliphatic heterocycles. The van der Waals surface area contributed by atoms with Gasteiger partial charge in [0, 0.05) is 19.0 Å². The molecule has 5 nitrogen and oxygen atoms in total. The zero-order valence-electron chi connectivity index (χ0n) is 12.6. The lowest BCUT2D eigenvalue weighted by Crippen LogP contribution is -2.37. The lowest BCUT2D eigenvalue weighted by Gasteiger charge is -2.18. The highest BCUT2D eigenvalue weighted by Gasteiger charge is 2.18. The van der Waals surface area contributed by atoms with Crippen LogP contribution < -0.4 is 10.6 Å². The van der Waals surface area contributed by atoms with Crippen molar-refractivity contribution in [2.24, 2.45) is 5.92 Å². The maximum atomic E-state index is 12.3.